The zero-order valence-electron chi connectivity index (χ0n) is 16.5. The summed E-state index contributed by atoms with van der Waals surface area (Å²) in [7, 11) is -4.31. The minimum atomic E-state index is -4.31. The molecular formula is C19H27N3O4S2. The molecule has 1 heterocycles. The van der Waals surface area contributed by atoms with E-state index in [4.69, 9.17) is 4.55 Å². The first-order chi connectivity index (χ1) is 13.0. The molecule has 2 aromatic rings. The van der Waals surface area contributed by atoms with Crippen LogP contribution < -0.4 is 10.0 Å². The number of amides is 1. The van der Waals surface area contributed by atoms with E-state index in [0.717, 1.165) is 29.1 Å². The second kappa shape index (κ2) is 9.02. The van der Waals surface area contributed by atoms with Crippen LogP contribution in [-0.4, -0.2) is 23.9 Å². The number of aryl methyl sites for hydroxylation is 1. The van der Waals surface area contributed by atoms with Crippen LogP contribution in [0.2, 0.25) is 0 Å². The molecule has 0 aliphatic heterocycles. The maximum Gasteiger partial charge on any atom is 0.357 e. The molecule has 0 unspecified atom stereocenters. The Balaban J connectivity index is 2.22. The highest BCUT2D eigenvalue weighted by Crippen LogP contribution is 2.26. The Morgan fingerprint density at radius 3 is 2.43 bits per heavy atom. The first kappa shape index (κ1) is 22.3. The number of thiazole rings is 1. The fraction of sp³-hybridized carbons (Fsp3) is 0.474. The molecule has 3 N–H and O–H groups in total. The van der Waals surface area contributed by atoms with Crippen LogP contribution in [0.15, 0.2) is 29.6 Å². The Kier molecular flexibility index (Phi) is 7.19. The molecule has 7 nitrogen and oxygen atoms in total. The Labute approximate surface area is 170 Å². The predicted octanol–water partition coefficient (Wildman–Crippen LogP) is 3.76. The molecular weight excluding hydrogens is 398 g/mol. The van der Waals surface area contributed by atoms with Gasteiger partial charge >= 0.3 is 10.3 Å². The number of rotatable bonds is 8. The standard InChI is InChI=1S/C19H27N3O4S2/c1-5-6-15-12-27-17(20-15)16(21-18(23)19(2,3)4)11-13-7-9-14(10-8-13)22-28(24,25)26/h7-10,12,16,22H,5-6,11H2,1-4H3,(H,21,23)(H,24,25,26)/t16-/m0/s1. The van der Waals surface area contributed by atoms with E-state index in [-0.39, 0.29) is 17.6 Å². The summed E-state index contributed by atoms with van der Waals surface area (Å²) in [6.45, 7) is 7.68. The van der Waals surface area contributed by atoms with E-state index in [1.807, 2.05) is 30.9 Å². The molecule has 0 saturated heterocycles. The lowest BCUT2D eigenvalue weighted by Gasteiger charge is -2.23. The molecule has 0 aliphatic carbocycles. The minimum absolute atomic E-state index is 0.0607. The van der Waals surface area contributed by atoms with Gasteiger partial charge in [-0.25, -0.2) is 4.98 Å². The Bertz CT molecular complexity index is 900. The number of hydrogen-bond donors (Lipinski definition) is 3. The van der Waals surface area contributed by atoms with E-state index in [0.29, 0.717) is 6.42 Å². The topological polar surface area (TPSA) is 108 Å². The van der Waals surface area contributed by atoms with E-state index >= 15 is 0 Å². The van der Waals surface area contributed by atoms with Gasteiger partial charge in [0.15, 0.2) is 0 Å². The van der Waals surface area contributed by atoms with Crippen LogP contribution in [0.4, 0.5) is 5.69 Å². The molecule has 0 radical (unpaired) electrons. The average molecular weight is 426 g/mol. The second-order valence-electron chi connectivity index (χ2n) is 7.68. The highest BCUT2D eigenvalue weighted by molar-refractivity contribution is 7.87. The van der Waals surface area contributed by atoms with Crippen LogP contribution in [0.1, 0.15) is 56.4 Å². The molecule has 0 saturated carbocycles. The molecule has 1 amide bonds. The molecule has 0 aliphatic rings. The van der Waals surface area contributed by atoms with Crippen LogP contribution in [-0.2, 0) is 27.9 Å². The van der Waals surface area contributed by atoms with Crippen LogP contribution in [0.3, 0.4) is 0 Å². The highest BCUT2D eigenvalue weighted by Gasteiger charge is 2.26. The van der Waals surface area contributed by atoms with E-state index < -0.39 is 15.7 Å². The molecule has 0 spiro atoms. The number of carbonyl (C=O) groups is 1. The summed E-state index contributed by atoms with van der Waals surface area (Å²) in [6.07, 6.45) is 2.42. The number of nitrogens with one attached hydrogen (secondary N) is 2. The van der Waals surface area contributed by atoms with Crippen molar-refractivity contribution >= 4 is 33.2 Å². The van der Waals surface area contributed by atoms with Gasteiger partial charge in [0.05, 0.1) is 17.4 Å². The van der Waals surface area contributed by atoms with Gasteiger partial charge in [-0.15, -0.1) is 11.3 Å². The Hall–Kier alpha value is -1.97. The number of hydrogen-bond acceptors (Lipinski definition) is 5. The van der Waals surface area contributed by atoms with Gasteiger partial charge in [-0.3, -0.25) is 14.1 Å². The summed E-state index contributed by atoms with van der Waals surface area (Å²) < 4.78 is 32.7. The molecule has 154 valence electrons. The molecule has 0 bridgehead atoms. The van der Waals surface area contributed by atoms with Gasteiger partial charge in [-0.1, -0.05) is 46.2 Å². The third-order valence-corrected chi connectivity index (χ3v) is 5.50. The number of nitrogens with zero attached hydrogens (tertiary/aromatic N) is 1. The van der Waals surface area contributed by atoms with Crippen molar-refractivity contribution in [3.8, 4) is 0 Å². The van der Waals surface area contributed by atoms with Crippen molar-refractivity contribution < 1.29 is 17.8 Å². The first-order valence-electron chi connectivity index (χ1n) is 9.07. The summed E-state index contributed by atoms with van der Waals surface area (Å²) in [5.74, 6) is -0.0607. The molecule has 1 aromatic carbocycles. The molecule has 2 rings (SSSR count). The summed E-state index contributed by atoms with van der Waals surface area (Å²) in [4.78, 5) is 17.2. The summed E-state index contributed by atoms with van der Waals surface area (Å²) in [5.41, 5.74) is 1.67. The second-order valence-corrected chi connectivity index (χ2v) is 9.73. The van der Waals surface area contributed by atoms with Crippen molar-refractivity contribution in [1.29, 1.82) is 0 Å². The van der Waals surface area contributed by atoms with Gasteiger partial charge in [0.1, 0.15) is 5.01 Å². The first-order valence-corrected chi connectivity index (χ1v) is 11.4. The normalized spacial score (nSPS) is 13.2. The van der Waals surface area contributed by atoms with Gasteiger partial charge in [-0.05, 0) is 30.5 Å². The van der Waals surface area contributed by atoms with Crippen molar-refractivity contribution in [2.75, 3.05) is 4.72 Å². The average Bonchev–Trinajstić information content (AvgIpc) is 3.02. The van der Waals surface area contributed by atoms with E-state index in [1.165, 1.54) is 11.3 Å². The van der Waals surface area contributed by atoms with Gasteiger partial charge in [0.25, 0.3) is 0 Å². The highest BCUT2D eigenvalue weighted by atomic mass is 32.2. The van der Waals surface area contributed by atoms with Gasteiger partial charge in [0.2, 0.25) is 5.91 Å². The molecule has 9 heteroatoms. The lowest BCUT2D eigenvalue weighted by Crippen LogP contribution is -2.38. The number of benzene rings is 1. The van der Waals surface area contributed by atoms with Gasteiger partial charge < -0.3 is 5.32 Å². The lowest BCUT2D eigenvalue weighted by molar-refractivity contribution is -0.129. The number of anilines is 1. The fourth-order valence-corrected chi connectivity index (χ4v) is 3.86. The zero-order chi connectivity index (χ0) is 20.9. The SMILES string of the molecule is CCCc1csc([C@H](Cc2ccc(NS(=O)(=O)O)cc2)NC(=O)C(C)(C)C)n1. The molecule has 0 fully saturated rings. The van der Waals surface area contributed by atoms with E-state index in [9.17, 15) is 13.2 Å². The van der Waals surface area contributed by atoms with Crippen molar-refractivity contribution in [2.24, 2.45) is 5.41 Å². The lowest BCUT2D eigenvalue weighted by atomic mass is 9.94. The van der Waals surface area contributed by atoms with E-state index in [1.54, 1.807) is 24.3 Å². The quantitative estimate of drug-likeness (QED) is 0.558. The third-order valence-electron chi connectivity index (χ3n) is 4.00. The van der Waals surface area contributed by atoms with Crippen molar-refractivity contribution in [1.82, 2.24) is 10.3 Å². The molecule has 28 heavy (non-hydrogen) atoms. The van der Waals surface area contributed by atoms with Crippen LogP contribution in [0.5, 0.6) is 0 Å². The Morgan fingerprint density at radius 1 is 1.25 bits per heavy atom. The summed E-state index contributed by atoms with van der Waals surface area (Å²) in [6, 6.07) is 6.36. The van der Waals surface area contributed by atoms with E-state index in [2.05, 4.69) is 17.2 Å². The smallest absolute Gasteiger partial charge is 0.346 e. The predicted molar refractivity (Wildman–Crippen MR) is 112 cm³/mol. The molecule has 1 atom stereocenters. The maximum atomic E-state index is 12.5. The van der Waals surface area contributed by atoms with Crippen molar-refractivity contribution in [3.05, 3.63) is 45.9 Å². The van der Waals surface area contributed by atoms with Crippen molar-refractivity contribution in [2.45, 2.75) is 53.0 Å². The largest absolute Gasteiger partial charge is 0.357 e. The fourth-order valence-electron chi connectivity index (χ4n) is 2.52. The number of carbonyl (C=O) groups excluding carboxylic acids is 1. The minimum Gasteiger partial charge on any atom is -0.346 e. The maximum absolute atomic E-state index is 12.5. The van der Waals surface area contributed by atoms with Crippen LogP contribution >= 0.6 is 11.3 Å². The number of aromatic nitrogens is 1. The van der Waals surface area contributed by atoms with Crippen LogP contribution in [0.25, 0.3) is 0 Å². The van der Waals surface area contributed by atoms with Crippen LogP contribution in [0, 0.1) is 5.41 Å². The summed E-state index contributed by atoms with van der Waals surface area (Å²) >= 11 is 1.53. The Morgan fingerprint density at radius 2 is 1.89 bits per heavy atom. The molecule has 1 aromatic heterocycles. The van der Waals surface area contributed by atoms with Gasteiger partial charge in [-0.2, -0.15) is 8.42 Å². The third kappa shape index (κ3) is 6.88. The zero-order valence-corrected chi connectivity index (χ0v) is 18.2. The van der Waals surface area contributed by atoms with Gasteiger partial charge in [0, 0.05) is 10.8 Å². The van der Waals surface area contributed by atoms with Crippen molar-refractivity contribution in [3.63, 3.8) is 0 Å². The summed E-state index contributed by atoms with van der Waals surface area (Å²) in [5, 5.41) is 5.96. The monoisotopic (exact) mass is 425 g/mol.